The molecular formula is C20H21NO6S. The highest BCUT2D eigenvalue weighted by Gasteiger charge is 2.35. The van der Waals surface area contributed by atoms with Crippen LogP contribution in [0.3, 0.4) is 0 Å². The molecule has 0 radical (unpaired) electrons. The number of para-hydroxylation sites is 1. The Hall–Kier alpha value is -2.87. The van der Waals surface area contributed by atoms with Crippen LogP contribution >= 0.6 is 0 Å². The normalized spacial score (nSPS) is 17.7. The van der Waals surface area contributed by atoms with E-state index < -0.39 is 15.9 Å². The monoisotopic (exact) mass is 403 g/mol. The molecule has 0 unspecified atom stereocenters. The predicted octanol–water partition coefficient (Wildman–Crippen LogP) is 2.11. The first-order valence-corrected chi connectivity index (χ1v) is 10.6. The molecule has 148 valence electrons. The van der Waals surface area contributed by atoms with E-state index in [-0.39, 0.29) is 35.3 Å². The van der Waals surface area contributed by atoms with Crippen molar-refractivity contribution in [3.63, 3.8) is 0 Å². The Morgan fingerprint density at radius 1 is 1.21 bits per heavy atom. The maximum absolute atomic E-state index is 12.9. The highest BCUT2D eigenvalue weighted by Crippen LogP contribution is 2.26. The van der Waals surface area contributed by atoms with Crippen molar-refractivity contribution in [1.29, 1.82) is 0 Å². The number of carbonyl (C=O) groups is 2. The lowest BCUT2D eigenvalue weighted by Gasteiger charge is -2.28. The summed E-state index contributed by atoms with van der Waals surface area (Å²) in [6, 6.07) is 13.2. The molecule has 1 heterocycles. The Labute approximate surface area is 163 Å². The first kappa shape index (κ1) is 19.9. The number of carbonyl (C=O) groups excluding carboxylic acids is 2. The zero-order valence-corrected chi connectivity index (χ0v) is 16.2. The summed E-state index contributed by atoms with van der Waals surface area (Å²) in [5.41, 5.74) is 0.880. The Kier molecular flexibility index (Phi) is 5.99. The fourth-order valence-electron chi connectivity index (χ4n) is 3.21. The number of anilines is 1. The molecule has 2 aromatic carbocycles. The van der Waals surface area contributed by atoms with Crippen molar-refractivity contribution in [2.75, 3.05) is 30.1 Å². The lowest BCUT2D eigenvalue weighted by atomic mass is 10.1. The van der Waals surface area contributed by atoms with Gasteiger partial charge in [0.1, 0.15) is 11.5 Å². The molecule has 1 atom stereocenters. The van der Waals surface area contributed by atoms with Crippen molar-refractivity contribution < 1.29 is 27.5 Å². The molecule has 1 saturated heterocycles. The fourth-order valence-corrected chi connectivity index (χ4v) is 4.91. The van der Waals surface area contributed by atoms with Gasteiger partial charge in [0.05, 0.1) is 30.2 Å². The Morgan fingerprint density at radius 2 is 1.96 bits per heavy atom. The van der Waals surface area contributed by atoms with E-state index in [1.54, 1.807) is 36.4 Å². The van der Waals surface area contributed by atoms with Gasteiger partial charge in [-0.25, -0.2) is 8.42 Å². The maximum atomic E-state index is 12.9. The number of aldehydes is 1. The fraction of sp³-hybridized carbons (Fsp3) is 0.300. The molecular weight excluding hydrogens is 382 g/mol. The van der Waals surface area contributed by atoms with Crippen LogP contribution < -0.4 is 14.4 Å². The minimum Gasteiger partial charge on any atom is -0.497 e. The smallest absolute Gasteiger partial charge is 0.265 e. The predicted molar refractivity (Wildman–Crippen MR) is 105 cm³/mol. The van der Waals surface area contributed by atoms with E-state index in [9.17, 15) is 18.0 Å². The molecule has 3 rings (SSSR count). The molecule has 0 saturated carbocycles. The van der Waals surface area contributed by atoms with E-state index in [4.69, 9.17) is 9.47 Å². The standard InChI is InChI=1S/C20H21NO6S/c1-26-18-7-8-19(15(11-18)12-22)27-13-20(23)21(16-5-3-2-4-6-16)17-9-10-28(24,25)14-17/h2-8,11-12,17H,9-10,13-14H2,1H3/t17-/m1/s1. The van der Waals surface area contributed by atoms with Crippen LogP contribution in [0.1, 0.15) is 16.8 Å². The van der Waals surface area contributed by atoms with Crippen LogP contribution in [-0.4, -0.2) is 51.9 Å². The van der Waals surface area contributed by atoms with E-state index >= 15 is 0 Å². The quantitative estimate of drug-likeness (QED) is 0.658. The Bertz CT molecular complexity index is 958. The Balaban J connectivity index is 1.80. The van der Waals surface area contributed by atoms with Gasteiger partial charge < -0.3 is 14.4 Å². The van der Waals surface area contributed by atoms with Gasteiger partial charge in [-0.15, -0.1) is 0 Å². The number of rotatable bonds is 7. The average Bonchev–Trinajstić information content (AvgIpc) is 3.06. The van der Waals surface area contributed by atoms with Gasteiger partial charge in [0, 0.05) is 5.69 Å². The molecule has 1 fully saturated rings. The van der Waals surface area contributed by atoms with Crippen LogP contribution in [0.4, 0.5) is 5.69 Å². The van der Waals surface area contributed by atoms with Crippen LogP contribution in [0.25, 0.3) is 0 Å². The van der Waals surface area contributed by atoms with E-state index in [0.717, 1.165) is 0 Å². The molecule has 0 aliphatic carbocycles. The number of sulfone groups is 1. The third-order valence-corrected chi connectivity index (χ3v) is 6.32. The lowest BCUT2D eigenvalue weighted by molar-refractivity contribution is -0.121. The highest BCUT2D eigenvalue weighted by molar-refractivity contribution is 7.91. The van der Waals surface area contributed by atoms with E-state index in [0.29, 0.717) is 24.1 Å². The number of hydrogen-bond donors (Lipinski definition) is 0. The van der Waals surface area contributed by atoms with Gasteiger partial charge >= 0.3 is 0 Å². The van der Waals surface area contributed by atoms with E-state index in [2.05, 4.69) is 0 Å². The van der Waals surface area contributed by atoms with Crippen molar-refractivity contribution in [1.82, 2.24) is 0 Å². The third kappa shape index (κ3) is 4.51. The van der Waals surface area contributed by atoms with Crippen molar-refractivity contribution in [3.8, 4) is 11.5 Å². The Morgan fingerprint density at radius 3 is 2.57 bits per heavy atom. The van der Waals surface area contributed by atoms with Crippen molar-refractivity contribution >= 4 is 27.7 Å². The van der Waals surface area contributed by atoms with Crippen LogP contribution in [-0.2, 0) is 14.6 Å². The summed E-state index contributed by atoms with van der Waals surface area (Å²) in [6.45, 7) is -0.321. The summed E-state index contributed by atoms with van der Waals surface area (Å²) in [5.74, 6) is 0.374. The number of benzene rings is 2. The summed E-state index contributed by atoms with van der Waals surface area (Å²) in [7, 11) is -1.67. The number of hydrogen-bond acceptors (Lipinski definition) is 6. The minimum atomic E-state index is -3.16. The second-order valence-corrected chi connectivity index (χ2v) is 8.70. The summed E-state index contributed by atoms with van der Waals surface area (Å²) in [4.78, 5) is 25.7. The molecule has 1 amide bonds. The SMILES string of the molecule is COc1ccc(OCC(=O)N(c2ccccc2)[C@@H]2CCS(=O)(=O)C2)c(C=O)c1. The molecule has 7 nitrogen and oxygen atoms in total. The molecule has 2 aromatic rings. The van der Waals surface area contributed by atoms with Gasteiger partial charge in [-0.05, 0) is 36.8 Å². The van der Waals surface area contributed by atoms with E-state index in [1.165, 1.54) is 18.1 Å². The summed E-state index contributed by atoms with van der Waals surface area (Å²) >= 11 is 0. The van der Waals surface area contributed by atoms with Crippen LogP contribution in [0.15, 0.2) is 48.5 Å². The largest absolute Gasteiger partial charge is 0.497 e. The first-order valence-electron chi connectivity index (χ1n) is 8.77. The third-order valence-electron chi connectivity index (χ3n) is 4.57. The lowest BCUT2D eigenvalue weighted by Crippen LogP contribution is -2.43. The number of nitrogens with zero attached hydrogens (tertiary/aromatic N) is 1. The molecule has 8 heteroatoms. The molecule has 0 aromatic heterocycles. The number of ether oxygens (including phenoxy) is 2. The maximum Gasteiger partial charge on any atom is 0.265 e. The van der Waals surface area contributed by atoms with Gasteiger partial charge in [0.25, 0.3) is 5.91 Å². The number of amides is 1. The van der Waals surface area contributed by atoms with Crippen molar-refractivity contribution in [3.05, 3.63) is 54.1 Å². The zero-order chi connectivity index (χ0) is 20.1. The zero-order valence-electron chi connectivity index (χ0n) is 15.4. The summed E-state index contributed by atoms with van der Waals surface area (Å²) < 4.78 is 34.5. The molecule has 0 bridgehead atoms. The topological polar surface area (TPSA) is 90.0 Å². The highest BCUT2D eigenvalue weighted by atomic mass is 32.2. The van der Waals surface area contributed by atoms with Crippen LogP contribution in [0.5, 0.6) is 11.5 Å². The second-order valence-electron chi connectivity index (χ2n) is 6.47. The van der Waals surface area contributed by atoms with Crippen molar-refractivity contribution in [2.24, 2.45) is 0 Å². The molecule has 0 spiro atoms. The van der Waals surface area contributed by atoms with Crippen LogP contribution in [0, 0.1) is 0 Å². The van der Waals surface area contributed by atoms with Crippen LogP contribution in [0.2, 0.25) is 0 Å². The summed E-state index contributed by atoms with van der Waals surface area (Å²) in [6.07, 6.45) is 1.01. The van der Waals surface area contributed by atoms with Gasteiger partial charge in [-0.1, -0.05) is 18.2 Å². The van der Waals surface area contributed by atoms with E-state index in [1.807, 2.05) is 6.07 Å². The summed E-state index contributed by atoms with van der Waals surface area (Å²) in [5, 5.41) is 0. The minimum absolute atomic E-state index is 0.0584. The molecule has 0 N–H and O–H groups in total. The molecule has 1 aliphatic rings. The second kappa shape index (κ2) is 8.43. The van der Waals surface area contributed by atoms with Crippen molar-refractivity contribution in [2.45, 2.75) is 12.5 Å². The molecule has 1 aliphatic heterocycles. The van der Waals surface area contributed by atoms with Gasteiger partial charge in [0.2, 0.25) is 0 Å². The average molecular weight is 403 g/mol. The molecule has 28 heavy (non-hydrogen) atoms. The van der Waals surface area contributed by atoms with Gasteiger partial charge in [0.15, 0.2) is 22.7 Å². The first-order chi connectivity index (χ1) is 13.4. The number of methoxy groups -OCH3 is 1. The van der Waals surface area contributed by atoms with Gasteiger partial charge in [-0.3, -0.25) is 9.59 Å². The van der Waals surface area contributed by atoms with Gasteiger partial charge in [-0.2, -0.15) is 0 Å².